The van der Waals surface area contributed by atoms with Crippen molar-refractivity contribution in [3.8, 4) is 23.1 Å². The lowest BCUT2D eigenvalue weighted by Gasteiger charge is -2.12. The molecule has 0 aliphatic rings. The topological polar surface area (TPSA) is 85.4 Å². The number of alkyl halides is 6. The van der Waals surface area contributed by atoms with Crippen molar-refractivity contribution < 1.29 is 35.8 Å². The van der Waals surface area contributed by atoms with Crippen molar-refractivity contribution in [3.05, 3.63) is 63.6 Å². The van der Waals surface area contributed by atoms with Gasteiger partial charge in [-0.1, -0.05) is 23.2 Å². The van der Waals surface area contributed by atoms with Gasteiger partial charge in [-0.25, -0.2) is 10.2 Å². The zero-order chi connectivity index (χ0) is 27.1. The first-order chi connectivity index (χ1) is 17.3. The molecule has 0 atom stereocenters. The Morgan fingerprint density at radius 3 is 2.27 bits per heavy atom. The van der Waals surface area contributed by atoms with Gasteiger partial charge in [0, 0.05) is 12.1 Å². The molecule has 4 rings (SSSR count). The Morgan fingerprint density at radius 2 is 1.70 bits per heavy atom. The largest absolute Gasteiger partial charge is 0.494 e. The van der Waals surface area contributed by atoms with Crippen LogP contribution in [0, 0.1) is 5.53 Å². The molecule has 0 fully saturated rings. The molecule has 2 aromatic carbocycles. The monoisotopic (exact) mass is 563 g/mol. The number of ether oxygens (including phenoxy) is 2. The van der Waals surface area contributed by atoms with Gasteiger partial charge in [0.2, 0.25) is 5.88 Å². The third-order valence-corrected chi connectivity index (χ3v) is 5.54. The first kappa shape index (κ1) is 26.5. The van der Waals surface area contributed by atoms with Crippen LogP contribution in [0.25, 0.3) is 16.7 Å². The third kappa shape index (κ3) is 5.27. The molecule has 7 nitrogen and oxygen atoms in total. The lowest BCUT2D eigenvalue weighted by Crippen LogP contribution is -2.07. The summed E-state index contributed by atoms with van der Waals surface area (Å²) in [6, 6.07) is 6.99. The number of hydrogen-bond acceptors (Lipinski definition) is 6. The summed E-state index contributed by atoms with van der Waals surface area (Å²) < 4.78 is 92.6. The van der Waals surface area contributed by atoms with Crippen molar-refractivity contribution in [2.75, 3.05) is 6.61 Å². The van der Waals surface area contributed by atoms with Gasteiger partial charge in [-0.15, -0.1) is 10.2 Å². The number of fused-ring (bicyclic) bond motifs is 1. The standard InChI is InChI=1S/C22H13Cl2F6N5O2/c1-2-36-11-4-6-16(14(24)8-11)37-17-9-12(22(28,29)30)18-19(32-17)34-35(20(18)33-31)15-5-3-10(7-13(15)23)21(25,26)27/h3-9,31H,2H2,1H3. The number of hydrogen-bond donors (Lipinski definition) is 1. The fourth-order valence-corrected chi connectivity index (χ4v) is 3.85. The van der Waals surface area contributed by atoms with Crippen LogP contribution in [0.15, 0.2) is 47.6 Å². The van der Waals surface area contributed by atoms with Gasteiger partial charge in [0.15, 0.2) is 11.5 Å². The van der Waals surface area contributed by atoms with Crippen molar-refractivity contribution >= 4 is 40.1 Å². The van der Waals surface area contributed by atoms with Crippen LogP contribution >= 0.6 is 23.2 Å². The maximum absolute atomic E-state index is 14.0. The van der Waals surface area contributed by atoms with E-state index in [4.69, 9.17) is 38.2 Å². The lowest BCUT2D eigenvalue weighted by molar-refractivity contribution is -0.138. The van der Waals surface area contributed by atoms with E-state index in [9.17, 15) is 26.3 Å². The molecule has 194 valence electrons. The first-order valence-corrected chi connectivity index (χ1v) is 10.9. The second-order valence-corrected chi connectivity index (χ2v) is 8.16. The van der Waals surface area contributed by atoms with Crippen molar-refractivity contribution in [2.45, 2.75) is 19.3 Å². The third-order valence-electron chi connectivity index (χ3n) is 4.94. The molecule has 37 heavy (non-hydrogen) atoms. The predicted molar refractivity (Wildman–Crippen MR) is 121 cm³/mol. The van der Waals surface area contributed by atoms with Gasteiger partial charge in [0.1, 0.15) is 11.5 Å². The number of halogens is 8. The van der Waals surface area contributed by atoms with Gasteiger partial charge in [-0.2, -0.15) is 31.3 Å². The van der Waals surface area contributed by atoms with E-state index in [2.05, 4.69) is 15.2 Å². The molecule has 4 aromatic rings. The van der Waals surface area contributed by atoms with E-state index < -0.39 is 51.2 Å². The second kappa shape index (κ2) is 9.71. The summed E-state index contributed by atoms with van der Waals surface area (Å²) in [5, 5.41) is 5.94. The molecule has 0 amide bonds. The van der Waals surface area contributed by atoms with E-state index in [0.29, 0.717) is 35.2 Å². The van der Waals surface area contributed by atoms with Crippen LogP contribution in [-0.2, 0) is 12.4 Å². The summed E-state index contributed by atoms with van der Waals surface area (Å²) in [7, 11) is 0. The van der Waals surface area contributed by atoms with E-state index in [0.717, 1.165) is 6.07 Å². The van der Waals surface area contributed by atoms with Gasteiger partial charge < -0.3 is 9.47 Å². The van der Waals surface area contributed by atoms with E-state index in [1.54, 1.807) is 6.92 Å². The maximum Gasteiger partial charge on any atom is 0.417 e. The molecule has 2 heterocycles. The van der Waals surface area contributed by atoms with Crippen LogP contribution in [0.5, 0.6) is 17.4 Å². The fraction of sp³-hybridized carbons (Fsp3) is 0.182. The smallest absolute Gasteiger partial charge is 0.417 e. The van der Waals surface area contributed by atoms with E-state index in [1.165, 1.54) is 18.2 Å². The van der Waals surface area contributed by atoms with Crippen LogP contribution in [0.3, 0.4) is 0 Å². The number of aromatic nitrogens is 3. The molecule has 0 saturated heterocycles. The Labute approximate surface area is 214 Å². The lowest BCUT2D eigenvalue weighted by atomic mass is 10.1. The highest BCUT2D eigenvalue weighted by Gasteiger charge is 2.37. The Balaban J connectivity index is 1.88. The fourth-order valence-electron chi connectivity index (χ4n) is 3.38. The van der Waals surface area contributed by atoms with Crippen molar-refractivity contribution in [1.82, 2.24) is 14.8 Å². The molecule has 0 bridgehead atoms. The first-order valence-electron chi connectivity index (χ1n) is 10.2. The Morgan fingerprint density at radius 1 is 0.973 bits per heavy atom. The summed E-state index contributed by atoms with van der Waals surface area (Å²) in [6.45, 7) is 2.11. The average molecular weight is 564 g/mol. The highest BCUT2D eigenvalue weighted by Crippen LogP contribution is 2.43. The van der Waals surface area contributed by atoms with Crippen molar-refractivity contribution in [1.29, 1.82) is 5.53 Å². The molecule has 1 N–H and O–H groups in total. The van der Waals surface area contributed by atoms with Crippen LogP contribution in [-0.4, -0.2) is 21.4 Å². The number of nitrogens with one attached hydrogen (secondary N) is 1. The maximum atomic E-state index is 14.0. The van der Waals surface area contributed by atoms with Crippen LogP contribution in [0.1, 0.15) is 18.1 Å². The molecule has 0 aliphatic heterocycles. The van der Waals surface area contributed by atoms with Gasteiger partial charge in [-0.3, -0.25) is 0 Å². The molecule has 2 aromatic heterocycles. The summed E-state index contributed by atoms with van der Waals surface area (Å²) in [5.74, 6) is -0.804. The molecule has 0 unspecified atom stereocenters. The minimum absolute atomic E-state index is 0.0271. The second-order valence-electron chi connectivity index (χ2n) is 7.34. The quantitative estimate of drug-likeness (QED) is 0.188. The number of pyridine rings is 1. The minimum atomic E-state index is -4.97. The summed E-state index contributed by atoms with van der Waals surface area (Å²) in [6.07, 6.45) is -9.68. The summed E-state index contributed by atoms with van der Waals surface area (Å²) >= 11 is 12.1. The number of benzene rings is 2. The van der Waals surface area contributed by atoms with Gasteiger partial charge in [0.25, 0.3) is 0 Å². The van der Waals surface area contributed by atoms with E-state index in [1.807, 2.05) is 0 Å². The molecule has 0 aliphatic carbocycles. The van der Waals surface area contributed by atoms with Crippen molar-refractivity contribution in [3.63, 3.8) is 0 Å². The SMILES string of the molecule is CCOc1ccc(Oc2cc(C(F)(F)F)c3c(N=N)n(-c4ccc(C(F)(F)F)cc4Cl)nc3n2)c(Cl)c1. The Hall–Kier alpha value is -3.58. The molecule has 0 spiro atoms. The van der Waals surface area contributed by atoms with Gasteiger partial charge in [-0.05, 0) is 37.3 Å². The normalized spacial score (nSPS) is 12.1. The zero-order valence-electron chi connectivity index (χ0n) is 18.4. The predicted octanol–water partition coefficient (Wildman–Crippen LogP) is 8.62. The molecular weight excluding hydrogens is 551 g/mol. The molecule has 0 saturated carbocycles. The van der Waals surface area contributed by atoms with Crippen LogP contribution < -0.4 is 9.47 Å². The Kier molecular flexibility index (Phi) is 6.95. The highest BCUT2D eigenvalue weighted by atomic mass is 35.5. The van der Waals surface area contributed by atoms with E-state index in [-0.39, 0.29) is 16.5 Å². The Bertz CT molecular complexity index is 1500. The number of nitrogens with zero attached hydrogens (tertiary/aromatic N) is 4. The molecule has 15 heteroatoms. The summed E-state index contributed by atoms with van der Waals surface area (Å²) in [5.41, 5.74) is 4.27. The van der Waals surface area contributed by atoms with Crippen molar-refractivity contribution in [2.24, 2.45) is 5.11 Å². The van der Waals surface area contributed by atoms with E-state index >= 15 is 0 Å². The highest BCUT2D eigenvalue weighted by molar-refractivity contribution is 6.32. The number of rotatable bonds is 6. The zero-order valence-corrected chi connectivity index (χ0v) is 19.9. The minimum Gasteiger partial charge on any atom is -0.494 e. The van der Waals surface area contributed by atoms with Crippen LogP contribution in [0.2, 0.25) is 10.0 Å². The summed E-state index contributed by atoms with van der Waals surface area (Å²) in [4.78, 5) is 3.98. The average Bonchev–Trinajstić information content (AvgIpc) is 3.17. The van der Waals surface area contributed by atoms with Crippen LogP contribution in [0.4, 0.5) is 32.2 Å². The molecular formula is C22H13Cl2F6N5O2. The van der Waals surface area contributed by atoms with Gasteiger partial charge in [0.05, 0.1) is 38.9 Å². The molecule has 0 radical (unpaired) electrons. The van der Waals surface area contributed by atoms with Gasteiger partial charge >= 0.3 is 12.4 Å².